The van der Waals surface area contributed by atoms with Gasteiger partial charge in [0.15, 0.2) is 0 Å². The van der Waals surface area contributed by atoms with Crippen LogP contribution in [0, 0.1) is 0 Å². The lowest BCUT2D eigenvalue weighted by Gasteiger charge is -2.03. The van der Waals surface area contributed by atoms with Crippen molar-refractivity contribution in [2.24, 2.45) is 0 Å². The minimum atomic E-state index is -0.192. The highest BCUT2D eigenvalue weighted by molar-refractivity contribution is 6.32. The molecule has 0 aliphatic carbocycles. The van der Waals surface area contributed by atoms with Crippen LogP contribution in [0.2, 0.25) is 5.02 Å². The van der Waals surface area contributed by atoms with Crippen LogP contribution in [0.5, 0.6) is 0 Å². The summed E-state index contributed by atoms with van der Waals surface area (Å²) in [7, 11) is 0. The summed E-state index contributed by atoms with van der Waals surface area (Å²) in [5.74, 6) is -0.192. The van der Waals surface area contributed by atoms with E-state index in [0.29, 0.717) is 10.6 Å². The second-order valence-electron chi connectivity index (χ2n) is 2.64. The maximum atomic E-state index is 12.8. The molecule has 0 saturated heterocycles. The summed E-state index contributed by atoms with van der Waals surface area (Å²) in [5, 5.41) is 0.590. The number of hydrogen-bond acceptors (Lipinski definition) is 0. The SMILES string of the molecule is C/C(F)=C(/C)c1ccccc1Cl. The predicted molar refractivity (Wildman–Crippen MR) is 50.8 cm³/mol. The quantitative estimate of drug-likeness (QED) is 0.618. The third kappa shape index (κ3) is 1.86. The van der Waals surface area contributed by atoms with Crippen molar-refractivity contribution >= 4 is 17.2 Å². The van der Waals surface area contributed by atoms with Crippen molar-refractivity contribution in [2.75, 3.05) is 0 Å². The van der Waals surface area contributed by atoms with E-state index in [9.17, 15) is 4.39 Å². The van der Waals surface area contributed by atoms with Crippen LogP contribution in [0.4, 0.5) is 4.39 Å². The fourth-order valence-electron chi connectivity index (χ4n) is 0.951. The first kappa shape index (κ1) is 9.27. The van der Waals surface area contributed by atoms with Gasteiger partial charge in [-0.25, -0.2) is 4.39 Å². The lowest BCUT2D eigenvalue weighted by atomic mass is 10.1. The summed E-state index contributed by atoms with van der Waals surface area (Å²) in [6.45, 7) is 3.15. The highest BCUT2D eigenvalue weighted by atomic mass is 35.5. The van der Waals surface area contributed by atoms with Gasteiger partial charge in [-0.2, -0.15) is 0 Å². The van der Waals surface area contributed by atoms with E-state index in [1.807, 2.05) is 12.1 Å². The lowest BCUT2D eigenvalue weighted by molar-refractivity contribution is 0.643. The molecule has 0 nitrogen and oxygen atoms in total. The Balaban J connectivity index is 3.21. The van der Waals surface area contributed by atoms with E-state index in [1.54, 1.807) is 19.1 Å². The van der Waals surface area contributed by atoms with Gasteiger partial charge in [-0.15, -0.1) is 0 Å². The zero-order valence-corrected chi connectivity index (χ0v) is 7.82. The molecular weight excluding hydrogens is 175 g/mol. The number of halogens is 2. The molecule has 0 radical (unpaired) electrons. The Kier molecular flexibility index (Phi) is 2.88. The zero-order valence-electron chi connectivity index (χ0n) is 7.07. The molecule has 1 rings (SSSR count). The molecule has 0 spiro atoms. The van der Waals surface area contributed by atoms with Gasteiger partial charge in [-0.05, 0) is 31.1 Å². The molecule has 0 aliphatic rings. The van der Waals surface area contributed by atoms with E-state index >= 15 is 0 Å². The van der Waals surface area contributed by atoms with Crippen LogP contribution in [0.15, 0.2) is 30.1 Å². The van der Waals surface area contributed by atoms with Gasteiger partial charge in [0, 0.05) is 5.02 Å². The van der Waals surface area contributed by atoms with E-state index in [0.717, 1.165) is 5.56 Å². The fourth-order valence-corrected chi connectivity index (χ4v) is 1.23. The van der Waals surface area contributed by atoms with Gasteiger partial charge >= 0.3 is 0 Å². The van der Waals surface area contributed by atoms with Gasteiger partial charge in [0.2, 0.25) is 0 Å². The largest absolute Gasteiger partial charge is 0.212 e. The van der Waals surface area contributed by atoms with Crippen molar-refractivity contribution in [2.45, 2.75) is 13.8 Å². The number of benzene rings is 1. The molecule has 1 aromatic rings. The zero-order chi connectivity index (χ0) is 9.14. The van der Waals surface area contributed by atoms with Gasteiger partial charge in [-0.1, -0.05) is 29.8 Å². The molecule has 0 amide bonds. The Bertz CT molecular complexity index is 311. The molecule has 0 N–H and O–H groups in total. The van der Waals surface area contributed by atoms with Gasteiger partial charge in [0.1, 0.15) is 5.83 Å². The van der Waals surface area contributed by atoms with Crippen LogP contribution < -0.4 is 0 Å². The maximum absolute atomic E-state index is 12.8. The average molecular weight is 185 g/mol. The van der Waals surface area contributed by atoms with Gasteiger partial charge in [-0.3, -0.25) is 0 Å². The lowest BCUT2D eigenvalue weighted by Crippen LogP contribution is -1.82. The second-order valence-corrected chi connectivity index (χ2v) is 3.05. The van der Waals surface area contributed by atoms with Crippen molar-refractivity contribution in [1.82, 2.24) is 0 Å². The Labute approximate surface area is 76.7 Å². The van der Waals surface area contributed by atoms with Gasteiger partial charge < -0.3 is 0 Å². The van der Waals surface area contributed by atoms with Crippen LogP contribution in [-0.2, 0) is 0 Å². The first-order valence-corrected chi connectivity index (χ1v) is 4.08. The highest BCUT2D eigenvalue weighted by Gasteiger charge is 2.03. The third-order valence-corrected chi connectivity index (χ3v) is 2.12. The fraction of sp³-hybridized carbons (Fsp3) is 0.200. The molecule has 0 atom stereocenters. The Morgan fingerprint density at radius 1 is 1.25 bits per heavy atom. The molecule has 1 aromatic carbocycles. The normalized spacial score (nSPS) is 12.7. The Hall–Kier alpha value is -0.820. The van der Waals surface area contributed by atoms with E-state index in [-0.39, 0.29) is 5.83 Å². The van der Waals surface area contributed by atoms with Crippen molar-refractivity contribution < 1.29 is 4.39 Å². The maximum Gasteiger partial charge on any atom is 0.100 e. The summed E-state index contributed by atoms with van der Waals surface area (Å²) in [6.07, 6.45) is 0. The standard InChI is InChI=1S/C10H10ClF/c1-7(8(2)12)9-5-3-4-6-10(9)11/h3-6H,1-2H3/b8-7+. The van der Waals surface area contributed by atoms with Crippen LogP contribution in [0.1, 0.15) is 19.4 Å². The number of hydrogen-bond donors (Lipinski definition) is 0. The summed E-state index contributed by atoms with van der Waals surface area (Å²) in [4.78, 5) is 0. The molecular formula is C10H10ClF. The number of rotatable bonds is 1. The average Bonchev–Trinajstić information content (AvgIpc) is 2.04. The van der Waals surface area contributed by atoms with Gasteiger partial charge in [0.05, 0.1) is 0 Å². The van der Waals surface area contributed by atoms with E-state index in [4.69, 9.17) is 11.6 Å². The van der Waals surface area contributed by atoms with Crippen LogP contribution in [-0.4, -0.2) is 0 Å². The third-order valence-electron chi connectivity index (χ3n) is 1.79. The first-order chi connectivity index (χ1) is 5.63. The predicted octanol–water partition coefficient (Wildman–Crippen LogP) is 4.06. The second kappa shape index (κ2) is 3.72. The van der Waals surface area contributed by atoms with E-state index in [1.165, 1.54) is 6.92 Å². The highest BCUT2D eigenvalue weighted by Crippen LogP contribution is 2.25. The van der Waals surface area contributed by atoms with Crippen LogP contribution >= 0.6 is 11.6 Å². The minimum Gasteiger partial charge on any atom is -0.212 e. The summed E-state index contributed by atoms with van der Waals surface area (Å²) < 4.78 is 12.8. The van der Waals surface area contributed by atoms with Crippen LogP contribution in [0.3, 0.4) is 0 Å². The number of allylic oxidation sites excluding steroid dienone is 2. The van der Waals surface area contributed by atoms with Gasteiger partial charge in [0.25, 0.3) is 0 Å². The molecule has 0 unspecified atom stereocenters. The molecule has 0 saturated carbocycles. The van der Waals surface area contributed by atoms with Crippen molar-refractivity contribution in [3.8, 4) is 0 Å². The smallest absolute Gasteiger partial charge is 0.100 e. The molecule has 0 bridgehead atoms. The Morgan fingerprint density at radius 3 is 2.33 bits per heavy atom. The monoisotopic (exact) mass is 184 g/mol. The van der Waals surface area contributed by atoms with E-state index < -0.39 is 0 Å². The molecule has 0 fully saturated rings. The molecule has 0 aromatic heterocycles. The molecule has 2 heteroatoms. The minimum absolute atomic E-state index is 0.192. The molecule has 64 valence electrons. The summed E-state index contributed by atoms with van der Waals surface area (Å²) in [5.41, 5.74) is 1.36. The topological polar surface area (TPSA) is 0 Å². The molecule has 12 heavy (non-hydrogen) atoms. The van der Waals surface area contributed by atoms with Crippen molar-refractivity contribution in [1.29, 1.82) is 0 Å². The van der Waals surface area contributed by atoms with E-state index in [2.05, 4.69) is 0 Å². The molecule has 0 aliphatic heterocycles. The van der Waals surface area contributed by atoms with Crippen LogP contribution in [0.25, 0.3) is 5.57 Å². The van der Waals surface area contributed by atoms with Crippen molar-refractivity contribution in [3.05, 3.63) is 40.7 Å². The Morgan fingerprint density at radius 2 is 1.83 bits per heavy atom. The summed E-state index contributed by atoms with van der Waals surface area (Å²) >= 11 is 5.86. The molecule has 0 heterocycles. The van der Waals surface area contributed by atoms with Crippen molar-refractivity contribution in [3.63, 3.8) is 0 Å². The first-order valence-electron chi connectivity index (χ1n) is 3.71. The summed E-state index contributed by atoms with van der Waals surface area (Å²) in [6, 6.07) is 7.23.